The van der Waals surface area contributed by atoms with E-state index in [2.05, 4.69) is 28.3 Å². The minimum atomic E-state index is -2.92. The second kappa shape index (κ2) is 10.0. The number of carbonyl (C=O) groups excluding carboxylic acids is 1. The van der Waals surface area contributed by atoms with Crippen molar-refractivity contribution < 1.29 is 27.9 Å². The molecule has 0 spiro atoms. The summed E-state index contributed by atoms with van der Waals surface area (Å²) in [6.45, 7) is -0.518. The zero-order valence-electron chi connectivity index (χ0n) is 16.3. The minimum Gasteiger partial charge on any atom is -0.493 e. The molecule has 0 aliphatic carbocycles. The van der Waals surface area contributed by atoms with Crippen LogP contribution in [0.15, 0.2) is 54.6 Å². The predicted octanol–water partition coefficient (Wildman–Crippen LogP) is 2.29. The summed E-state index contributed by atoms with van der Waals surface area (Å²) in [7, 11) is 1.38. The fraction of sp³-hybridized carbons (Fsp3) is 0.318. The number of ether oxygens (including phenoxy) is 2. The van der Waals surface area contributed by atoms with Crippen LogP contribution in [0.1, 0.15) is 17.5 Å². The van der Waals surface area contributed by atoms with Crippen molar-refractivity contribution in [3.8, 4) is 11.5 Å². The molecule has 29 heavy (non-hydrogen) atoms. The van der Waals surface area contributed by atoms with Crippen molar-refractivity contribution >= 4 is 11.5 Å². The Balaban J connectivity index is 1.49. The summed E-state index contributed by atoms with van der Waals surface area (Å²) in [4.78, 5) is 13.5. The lowest BCUT2D eigenvalue weighted by Crippen LogP contribution is -3.13. The van der Waals surface area contributed by atoms with Gasteiger partial charge >= 0.3 is 6.61 Å². The molecule has 0 radical (unpaired) electrons. The van der Waals surface area contributed by atoms with E-state index in [1.54, 1.807) is 12.1 Å². The van der Waals surface area contributed by atoms with Gasteiger partial charge in [0, 0.05) is 13.0 Å². The number of amides is 1. The molecule has 1 heterocycles. The van der Waals surface area contributed by atoms with Crippen LogP contribution < -0.4 is 19.7 Å². The van der Waals surface area contributed by atoms with E-state index in [0.717, 1.165) is 25.1 Å². The van der Waals surface area contributed by atoms with Gasteiger partial charge in [-0.2, -0.15) is 8.78 Å². The molecule has 0 saturated heterocycles. The highest BCUT2D eigenvalue weighted by atomic mass is 19.3. The molecule has 1 unspecified atom stereocenters. The van der Waals surface area contributed by atoms with Crippen LogP contribution in [0.25, 0.3) is 5.57 Å². The maximum absolute atomic E-state index is 12.4. The lowest BCUT2D eigenvalue weighted by atomic mass is 10.00. The first kappa shape index (κ1) is 20.8. The largest absolute Gasteiger partial charge is 0.493 e. The number of carbonyl (C=O) groups is 1. The second-order valence-corrected chi connectivity index (χ2v) is 6.87. The maximum Gasteiger partial charge on any atom is 0.387 e. The van der Waals surface area contributed by atoms with Crippen molar-refractivity contribution in [2.75, 3.05) is 26.7 Å². The molecule has 1 aliphatic heterocycles. The molecule has 1 amide bonds. The molecule has 0 saturated carbocycles. The minimum absolute atomic E-state index is 0.0312. The summed E-state index contributed by atoms with van der Waals surface area (Å²) in [6.07, 6.45) is 3.14. The average Bonchev–Trinajstić information content (AvgIpc) is 2.74. The number of halogens is 2. The summed E-state index contributed by atoms with van der Waals surface area (Å²) in [5, 5.41) is 2.88. The molecule has 2 aromatic carbocycles. The van der Waals surface area contributed by atoms with E-state index in [0.29, 0.717) is 13.1 Å². The first-order valence-corrected chi connectivity index (χ1v) is 9.51. The van der Waals surface area contributed by atoms with Crippen molar-refractivity contribution in [2.24, 2.45) is 0 Å². The highest BCUT2D eigenvalue weighted by molar-refractivity contribution is 5.77. The average molecular weight is 403 g/mol. The van der Waals surface area contributed by atoms with Gasteiger partial charge in [-0.3, -0.25) is 4.79 Å². The van der Waals surface area contributed by atoms with E-state index in [4.69, 9.17) is 4.74 Å². The molecular weight excluding hydrogens is 378 g/mol. The van der Waals surface area contributed by atoms with Crippen molar-refractivity contribution in [3.63, 3.8) is 0 Å². The SMILES string of the molecule is COc1cc(CNC(=O)C[NH+]2CC=C(c3ccccc3)CC2)ccc1OC(F)F. The van der Waals surface area contributed by atoms with Crippen molar-refractivity contribution in [3.05, 3.63) is 65.7 Å². The van der Waals surface area contributed by atoms with Crippen LogP contribution >= 0.6 is 0 Å². The smallest absolute Gasteiger partial charge is 0.387 e. The van der Waals surface area contributed by atoms with Gasteiger partial charge in [0.05, 0.1) is 20.2 Å². The van der Waals surface area contributed by atoms with E-state index in [-0.39, 0.29) is 17.4 Å². The molecule has 1 aliphatic rings. The zero-order chi connectivity index (χ0) is 20.6. The lowest BCUT2D eigenvalue weighted by Gasteiger charge is -2.23. The Morgan fingerprint density at radius 2 is 1.97 bits per heavy atom. The first-order chi connectivity index (χ1) is 14.0. The van der Waals surface area contributed by atoms with Gasteiger partial charge in [-0.15, -0.1) is 0 Å². The monoisotopic (exact) mass is 403 g/mol. The third-order valence-electron chi connectivity index (χ3n) is 4.87. The van der Waals surface area contributed by atoms with E-state index in [1.807, 2.05) is 18.2 Å². The highest BCUT2D eigenvalue weighted by Crippen LogP contribution is 2.29. The van der Waals surface area contributed by atoms with Crippen molar-refractivity contribution in [1.29, 1.82) is 0 Å². The van der Waals surface area contributed by atoms with E-state index < -0.39 is 6.61 Å². The van der Waals surface area contributed by atoms with Gasteiger partial charge in [0.1, 0.15) is 0 Å². The molecular formula is C22H25F2N2O3+. The van der Waals surface area contributed by atoms with E-state index in [1.165, 1.54) is 29.2 Å². The Labute approximate surface area is 168 Å². The van der Waals surface area contributed by atoms with Gasteiger partial charge in [-0.25, -0.2) is 0 Å². The van der Waals surface area contributed by atoms with Gasteiger partial charge in [-0.05, 0) is 34.9 Å². The maximum atomic E-state index is 12.4. The topological polar surface area (TPSA) is 52.0 Å². The van der Waals surface area contributed by atoms with E-state index in [9.17, 15) is 13.6 Å². The standard InChI is InChI=1S/C22H24F2N2O3/c1-28-20-13-16(7-8-19(20)29-22(23)24)14-25-21(27)15-26-11-9-18(10-12-26)17-5-3-2-4-6-17/h2-9,13,22H,10-12,14-15H2,1H3,(H,25,27)/p+1. The summed E-state index contributed by atoms with van der Waals surface area (Å²) < 4.78 is 34.3. The first-order valence-electron chi connectivity index (χ1n) is 9.51. The van der Waals surface area contributed by atoms with Crippen LogP contribution in [-0.4, -0.2) is 39.3 Å². The molecule has 1 atom stereocenters. The molecule has 0 aromatic heterocycles. The number of hydrogen-bond donors (Lipinski definition) is 2. The quantitative estimate of drug-likeness (QED) is 0.711. The summed E-state index contributed by atoms with van der Waals surface area (Å²) in [6, 6.07) is 14.9. The van der Waals surface area contributed by atoms with Gasteiger partial charge < -0.3 is 19.7 Å². The van der Waals surface area contributed by atoms with E-state index >= 15 is 0 Å². The molecule has 7 heteroatoms. The summed E-state index contributed by atoms with van der Waals surface area (Å²) in [5.74, 6) is 0.122. The molecule has 2 aromatic rings. The molecule has 154 valence electrons. The van der Waals surface area contributed by atoms with Crippen LogP contribution in [0.3, 0.4) is 0 Å². The molecule has 2 N–H and O–H groups in total. The fourth-order valence-corrected chi connectivity index (χ4v) is 3.36. The molecule has 0 bridgehead atoms. The Hall–Kier alpha value is -2.93. The molecule has 5 nitrogen and oxygen atoms in total. The number of quaternary nitrogens is 1. The number of methoxy groups -OCH3 is 1. The predicted molar refractivity (Wildman–Crippen MR) is 106 cm³/mol. The van der Waals surface area contributed by atoms with Crippen LogP contribution in [0.4, 0.5) is 8.78 Å². The van der Waals surface area contributed by atoms with Crippen LogP contribution in [0, 0.1) is 0 Å². The van der Waals surface area contributed by atoms with Crippen LogP contribution in [0.5, 0.6) is 11.5 Å². The zero-order valence-corrected chi connectivity index (χ0v) is 16.3. The Morgan fingerprint density at radius 1 is 1.17 bits per heavy atom. The Morgan fingerprint density at radius 3 is 2.62 bits per heavy atom. The van der Waals surface area contributed by atoms with Gasteiger partial charge in [0.25, 0.3) is 5.91 Å². The summed E-state index contributed by atoms with van der Waals surface area (Å²) in [5.41, 5.74) is 3.31. The third-order valence-corrected chi connectivity index (χ3v) is 4.87. The number of rotatable bonds is 8. The Kier molecular flexibility index (Phi) is 7.19. The highest BCUT2D eigenvalue weighted by Gasteiger charge is 2.19. The van der Waals surface area contributed by atoms with Crippen molar-refractivity contribution in [1.82, 2.24) is 5.32 Å². The number of hydrogen-bond acceptors (Lipinski definition) is 3. The number of benzene rings is 2. The number of alkyl halides is 2. The van der Waals surface area contributed by atoms with Gasteiger partial charge in [0.15, 0.2) is 18.0 Å². The Bertz CT molecular complexity index is 856. The lowest BCUT2D eigenvalue weighted by molar-refractivity contribution is -0.886. The normalized spacial score (nSPS) is 16.3. The summed E-state index contributed by atoms with van der Waals surface area (Å²) >= 11 is 0. The molecule has 0 fully saturated rings. The van der Waals surface area contributed by atoms with Crippen LogP contribution in [0.2, 0.25) is 0 Å². The van der Waals surface area contributed by atoms with Crippen LogP contribution in [-0.2, 0) is 11.3 Å². The molecule has 3 rings (SSSR count). The third kappa shape index (κ3) is 6.02. The van der Waals surface area contributed by atoms with Gasteiger partial charge in [-0.1, -0.05) is 36.4 Å². The van der Waals surface area contributed by atoms with Gasteiger partial charge in [0.2, 0.25) is 0 Å². The second-order valence-electron chi connectivity index (χ2n) is 6.87. The van der Waals surface area contributed by atoms with Crippen molar-refractivity contribution in [2.45, 2.75) is 19.6 Å². The number of nitrogens with one attached hydrogen (secondary N) is 2. The fourth-order valence-electron chi connectivity index (χ4n) is 3.36.